The fraction of sp³-hybridized carbons (Fsp3) is 0.385. The first kappa shape index (κ1) is 15.1. The molecule has 0 radical (unpaired) electrons. The number of rotatable bonds is 7. The quantitative estimate of drug-likeness (QED) is 0.652. The summed E-state index contributed by atoms with van der Waals surface area (Å²) < 4.78 is 4.77. The van der Waals surface area contributed by atoms with Crippen molar-refractivity contribution in [3.8, 4) is 0 Å². The highest BCUT2D eigenvalue weighted by Crippen LogP contribution is 2.04. The van der Waals surface area contributed by atoms with E-state index in [1.54, 1.807) is 12.1 Å². The van der Waals surface area contributed by atoms with Gasteiger partial charge in [0.05, 0.1) is 6.61 Å². The Morgan fingerprint density at radius 1 is 1.32 bits per heavy atom. The van der Waals surface area contributed by atoms with Crippen LogP contribution in [0.15, 0.2) is 30.3 Å². The van der Waals surface area contributed by atoms with Crippen LogP contribution in [0.25, 0.3) is 0 Å². The van der Waals surface area contributed by atoms with Gasteiger partial charge in [0.1, 0.15) is 6.04 Å². The molecule has 0 fully saturated rings. The molecule has 0 aromatic heterocycles. The highest BCUT2D eigenvalue weighted by atomic mass is 16.5. The van der Waals surface area contributed by atoms with Gasteiger partial charge in [-0.15, -0.1) is 0 Å². The van der Waals surface area contributed by atoms with Crippen LogP contribution < -0.4 is 16.4 Å². The zero-order chi connectivity index (χ0) is 14.1. The molecule has 1 rings (SSSR count). The van der Waals surface area contributed by atoms with Crippen LogP contribution in [0.1, 0.15) is 6.42 Å². The molecule has 1 aromatic rings. The van der Waals surface area contributed by atoms with E-state index >= 15 is 0 Å². The summed E-state index contributed by atoms with van der Waals surface area (Å²) in [6, 6.07) is 8.42. The predicted molar refractivity (Wildman–Crippen MR) is 72.5 cm³/mol. The lowest BCUT2D eigenvalue weighted by Gasteiger charge is -2.11. The van der Waals surface area contributed by atoms with Crippen molar-refractivity contribution in [3.63, 3.8) is 0 Å². The van der Waals surface area contributed by atoms with Crippen LogP contribution in [-0.2, 0) is 14.3 Å². The third kappa shape index (κ3) is 5.98. The second kappa shape index (κ2) is 8.23. The van der Waals surface area contributed by atoms with Crippen LogP contribution in [0.2, 0.25) is 0 Å². The molecule has 0 aliphatic rings. The molecule has 19 heavy (non-hydrogen) atoms. The minimum absolute atomic E-state index is 0.155. The van der Waals surface area contributed by atoms with Crippen LogP contribution in [-0.4, -0.2) is 38.1 Å². The average molecular weight is 265 g/mol. The lowest BCUT2D eigenvalue weighted by atomic mass is 10.3. The molecule has 0 bridgehead atoms. The molecule has 0 heterocycles. The van der Waals surface area contributed by atoms with E-state index in [0.717, 1.165) is 5.69 Å². The van der Waals surface area contributed by atoms with Crippen molar-refractivity contribution < 1.29 is 14.3 Å². The van der Waals surface area contributed by atoms with E-state index in [1.165, 1.54) is 7.11 Å². The van der Waals surface area contributed by atoms with Crippen molar-refractivity contribution in [1.82, 2.24) is 5.32 Å². The SMILES string of the molecule is COCC(N)C(=O)NCCC(=O)Nc1ccccc1. The smallest absolute Gasteiger partial charge is 0.239 e. The summed E-state index contributed by atoms with van der Waals surface area (Å²) in [5, 5.41) is 5.30. The summed E-state index contributed by atoms with van der Waals surface area (Å²) >= 11 is 0. The van der Waals surface area contributed by atoms with E-state index < -0.39 is 6.04 Å². The minimum Gasteiger partial charge on any atom is -0.383 e. The molecular weight excluding hydrogens is 246 g/mol. The van der Waals surface area contributed by atoms with E-state index in [4.69, 9.17) is 10.5 Å². The maximum Gasteiger partial charge on any atom is 0.239 e. The van der Waals surface area contributed by atoms with Crippen molar-refractivity contribution in [1.29, 1.82) is 0 Å². The number of hydrogen-bond donors (Lipinski definition) is 3. The summed E-state index contributed by atoms with van der Waals surface area (Å²) in [7, 11) is 1.47. The maximum absolute atomic E-state index is 11.6. The normalized spacial score (nSPS) is 11.7. The van der Waals surface area contributed by atoms with E-state index in [-0.39, 0.29) is 31.4 Å². The maximum atomic E-state index is 11.6. The number of amides is 2. The van der Waals surface area contributed by atoms with Crippen molar-refractivity contribution in [3.05, 3.63) is 30.3 Å². The Morgan fingerprint density at radius 2 is 2.00 bits per heavy atom. The van der Waals surface area contributed by atoms with Crippen LogP contribution in [0, 0.1) is 0 Å². The van der Waals surface area contributed by atoms with Gasteiger partial charge in [0.2, 0.25) is 11.8 Å². The van der Waals surface area contributed by atoms with Crippen molar-refractivity contribution in [2.45, 2.75) is 12.5 Å². The number of para-hydroxylation sites is 1. The number of nitrogens with one attached hydrogen (secondary N) is 2. The Hall–Kier alpha value is -1.92. The molecule has 2 amide bonds. The number of nitrogens with two attached hydrogens (primary N) is 1. The largest absolute Gasteiger partial charge is 0.383 e. The van der Waals surface area contributed by atoms with Crippen LogP contribution in [0.5, 0.6) is 0 Å². The first-order valence-electron chi connectivity index (χ1n) is 6.00. The summed E-state index contributed by atoms with van der Waals surface area (Å²) in [6.07, 6.45) is 0.195. The lowest BCUT2D eigenvalue weighted by molar-refractivity contribution is -0.123. The molecule has 4 N–H and O–H groups in total. The number of ether oxygens (including phenoxy) is 1. The Morgan fingerprint density at radius 3 is 2.63 bits per heavy atom. The van der Waals surface area contributed by atoms with Gasteiger partial charge in [-0.25, -0.2) is 0 Å². The number of anilines is 1. The number of methoxy groups -OCH3 is 1. The molecule has 1 aromatic carbocycles. The number of hydrogen-bond acceptors (Lipinski definition) is 4. The number of benzene rings is 1. The zero-order valence-corrected chi connectivity index (χ0v) is 10.9. The molecule has 0 saturated heterocycles. The van der Waals surface area contributed by atoms with Gasteiger partial charge in [0.25, 0.3) is 0 Å². The molecular formula is C13H19N3O3. The fourth-order valence-electron chi connectivity index (χ4n) is 1.43. The van der Waals surface area contributed by atoms with E-state index in [1.807, 2.05) is 18.2 Å². The fourth-order valence-corrected chi connectivity index (χ4v) is 1.43. The molecule has 0 saturated carbocycles. The zero-order valence-electron chi connectivity index (χ0n) is 10.9. The van der Waals surface area contributed by atoms with Crippen LogP contribution >= 0.6 is 0 Å². The molecule has 0 aliphatic heterocycles. The van der Waals surface area contributed by atoms with Gasteiger partial charge < -0.3 is 21.1 Å². The number of carbonyl (C=O) groups is 2. The summed E-state index contributed by atoms with van der Waals surface area (Å²) in [4.78, 5) is 23.0. The van der Waals surface area contributed by atoms with E-state index in [9.17, 15) is 9.59 Å². The van der Waals surface area contributed by atoms with Crippen molar-refractivity contribution in [2.75, 3.05) is 25.6 Å². The third-order valence-corrected chi connectivity index (χ3v) is 2.39. The molecule has 104 valence electrons. The minimum atomic E-state index is -0.706. The standard InChI is InChI=1S/C13H19N3O3/c1-19-9-11(14)13(18)15-8-7-12(17)16-10-5-3-2-4-6-10/h2-6,11H,7-9,14H2,1H3,(H,15,18)(H,16,17). The van der Waals surface area contributed by atoms with Gasteiger partial charge in [-0.3, -0.25) is 9.59 Å². The van der Waals surface area contributed by atoms with E-state index in [0.29, 0.717) is 0 Å². The topological polar surface area (TPSA) is 93.4 Å². The van der Waals surface area contributed by atoms with Crippen molar-refractivity contribution in [2.24, 2.45) is 5.73 Å². The highest BCUT2D eigenvalue weighted by Gasteiger charge is 2.12. The van der Waals surface area contributed by atoms with Crippen LogP contribution in [0.3, 0.4) is 0 Å². The Bertz CT molecular complexity index is 409. The summed E-state index contributed by atoms with van der Waals surface area (Å²) in [5.74, 6) is -0.485. The molecule has 0 aliphatic carbocycles. The predicted octanol–water partition coefficient (Wildman–Crippen LogP) is 0.105. The van der Waals surface area contributed by atoms with Gasteiger partial charge in [0.15, 0.2) is 0 Å². The average Bonchev–Trinajstić information content (AvgIpc) is 2.40. The Balaban J connectivity index is 2.22. The first-order valence-corrected chi connectivity index (χ1v) is 6.00. The van der Waals surface area contributed by atoms with Gasteiger partial charge in [-0.1, -0.05) is 18.2 Å². The summed E-state index contributed by atoms with van der Waals surface area (Å²) in [6.45, 7) is 0.400. The van der Waals surface area contributed by atoms with Gasteiger partial charge in [-0.2, -0.15) is 0 Å². The Labute approximate surface area is 112 Å². The monoisotopic (exact) mass is 265 g/mol. The van der Waals surface area contributed by atoms with Crippen LogP contribution in [0.4, 0.5) is 5.69 Å². The third-order valence-electron chi connectivity index (χ3n) is 2.39. The second-order valence-corrected chi connectivity index (χ2v) is 4.02. The molecule has 1 unspecified atom stereocenters. The van der Waals surface area contributed by atoms with Gasteiger partial charge in [-0.05, 0) is 12.1 Å². The lowest BCUT2D eigenvalue weighted by Crippen LogP contribution is -2.44. The van der Waals surface area contributed by atoms with Gasteiger partial charge >= 0.3 is 0 Å². The molecule has 6 nitrogen and oxygen atoms in total. The van der Waals surface area contributed by atoms with E-state index in [2.05, 4.69) is 10.6 Å². The number of carbonyl (C=O) groups excluding carboxylic acids is 2. The molecule has 1 atom stereocenters. The Kier molecular flexibility index (Phi) is 6.56. The van der Waals surface area contributed by atoms with Crippen molar-refractivity contribution >= 4 is 17.5 Å². The highest BCUT2D eigenvalue weighted by molar-refractivity contribution is 5.91. The second-order valence-electron chi connectivity index (χ2n) is 4.02. The molecule has 0 spiro atoms. The molecule has 6 heteroatoms. The first-order chi connectivity index (χ1) is 9.13. The van der Waals surface area contributed by atoms with Gasteiger partial charge in [0, 0.05) is 25.8 Å². The summed E-state index contributed by atoms with van der Waals surface area (Å²) in [5.41, 5.74) is 6.26.